The molecule has 2 saturated carbocycles. The summed E-state index contributed by atoms with van der Waals surface area (Å²) >= 11 is 0. The summed E-state index contributed by atoms with van der Waals surface area (Å²) in [5.41, 5.74) is 1.87. The third kappa shape index (κ3) is 0.827. The Morgan fingerprint density at radius 2 is 1.86 bits per heavy atom. The Morgan fingerprint density at radius 3 is 2.43 bits per heavy atom. The van der Waals surface area contributed by atoms with Crippen LogP contribution in [0.3, 0.4) is 0 Å². The smallest absolute Gasteiger partial charge is 0.134 e. The first kappa shape index (κ1) is 8.22. The Labute approximate surface area is 84.1 Å². The lowest BCUT2D eigenvalue weighted by Crippen LogP contribution is -2.09. The molecule has 2 fully saturated rings. The summed E-state index contributed by atoms with van der Waals surface area (Å²) in [6.45, 7) is 2.25. The van der Waals surface area contributed by atoms with Gasteiger partial charge in [-0.3, -0.25) is 4.79 Å². The molecular weight excluding hydrogens is 172 g/mol. The van der Waals surface area contributed by atoms with Crippen LogP contribution in [0.2, 0.25) is 0 Å². The minimum atomic E-state index is 0.214. The second kappa shape index (κ2) is 2.28. The van der Waals surface area contributed by atoms with Gasteiger partial charge in [-0.2, -0.15) is 0 Å². The van der Waals surface area contributed by atoms with Crippen LogP contribution in [0.5, 0.6) is 0 Å². The van der Waals surface area contributed by atoms with Crippen molar-refractivity contribution < 1.29 is 4.79 Å². The van der Waals surface area contributed by atoms with Crippen molar-refractivity contribution in [3.05, 3.63) is 35.9 Å². The van der Waals surface area contributed by atoms with Crippen molar-refractivity contribution in [2.45, 2.75) is 31.6 Å². The number of hydrogen-bond donors (Lipinski definition) is 0. The van der Waals surface area contributed by atoms with Gasteiger partial charge in [-0.05, 0) is 17.4 Å². The molecule has 1 heteroatoms. The zero-order chi connectivity index (χ0) is 9.81. The minimum Gasteiger partial charge on any atom is -0.300 e. The molecule has 2 atom stereocenters. The van der Waals surface area contributed by atoms with Crippen molar-refractivity contribution in [1.29, 1.82) is 0 Å². The Kier molecular flexibility index (Phi) is 1.34. The second-order valence-corrected chi connectivity index (χ2v) is 5.08. The largest absolute Gasteiger partial charge is 0.300 e. The standard InChI is InChI=1S/C13H14O/c1-12-7-11(14)8-13(12,9-12)10-5-3-2-4-6-10/h2-6H,7-9H2,1H3/t12-,13+/m0/s1. The molecule has 0 spiro atoms. The van der Waals surface area contributed by atoms with Crippen LogP contribution in [0.15, 0.2) is 30.3 Å². The zero-order valence-electron chi connectivity index (χ0n) is 8.42. The van der Waals surface area contributed by atoms with Gasteiger partial charge in [-0.1, -0.05) is 37.3 Å². The molecular formula is C13H14O. The Bertz CT molecular complexity index is 395. The molecule has 14 heavy (non-hydrogen) atoms. The van der Waals surface area contributed by atoms with Crippen LogP contribution in [0.4, 0.5) is 0 Å². The molecule has 0 heterocycles. The SMILES string of the molecule is C[C@@]12CC(=O)C[C@]1(c1ccccc1)C2. The molecule has 0 aromatic heterocycles. The molecule has 3 rings (SSSR count). The molecule has 0 amide bonds. The highest BCUT2D eigenvalue weighted by molar-refractivity contribution is 5.87. The van der Waals surface area contributed by atoms with Crippen LogP contribution in [-0.4, -0.2) is 5.78 Å². The third-order valence-electron chi connectivity index (χ3n) is 4.13. The third-order valence-corrected chi connectivity index (χ3v) is 4.13. The van der Waals surface area contributed by atoms with Crippen LogP contribution in [0.1, 0.15) is 31.7 Å². The fourth-order valence-corrected chi connectivity index (χ4v) is 3.27. The van der Waals surface area contributed by atoms with E-state index in [2.05, 4.69) is 31.2 Å². The van der Waals surface area contributed by atoms with E-state index in [-0.39, 0.29) is 10.8 Å². The molecule has 72 valence electrons. The number of benzene rings is 1. The maximum absolute atomic E-state index is 11.5. The molecule has 0 saturated heterocycles. The van der Waals surface area contributed by atoms with Crippen molar-refractivity contribution in [2.24, 2.45) is 5.41 Å². The lowest BCUT2D eigenvalue weighted by Gasteiger charge is -2.13. The van der Waals surface area contributed by atoms with Crippen molar-refractivity contribution in [1.82, 2.24) is 0 Å². The molecule has 0 aliphatic heterocycles. The van der Waals surface area contributed by atoms with Crippen LogP contribution < -0.4 is 0 Å². The topological polar surface area (TPSA) is 17.1 Å². The normalized spacial score (nSPS) is 39.6. The molecule has 1 aromatic rings. The van der Waals surface area contributed by atoms with E-state index >= 15 is 0 Å². The lowest BCUT2D eigenvalue weighted by atomic mass is 9.89. The molecule has 1 nitrogen and oxygen atoms in total. The summed E-state index contributed by atoms with van der Waals surface area (Å²) in [5.74, 6) is 0.447. The van der Waals surface area contributed by atoms with Crippen molar-refractivity contribution >= 4 is 5.78 Å². The predicted octanol–water partition coefficient (Wildman–Crippen LogP) is 2.70. The van der Waals surface area contributed by atoms with Gasteiger partial charge < -0.3 is 0 Å². The first-order valence-electron chi connectivity index (χ1n) is 5.24. The highest BCUT2D eigenvalue weighted by Gasteiger charge is 2.69. The molecule has 0 unspecified atom stereocenters. The van der Waals surface area contributed by atoms with Gasteiger partial charge in [-0.25, -0.2) is 0 Å². The van der Waals surface area contributed by atoms with Crippen molar-refractivity contribution in [2.75, 3.05) is 0 Å². The molecule has 0 N–H and O–H groups in total. The molecule has 0 radical (unpaired) electrons. The summed E-state index contributed by atoms with van der Waals surface area (Å²) < 4.78 is 0. The average Bonchev–Trinajstić information content (AvgIpc) is 2.64. The molecule has 1 aromatic carbocycles. The van der Waals surface area contributed by atoms with Gasteiger partial charge in [0.15, 0.2) is 0 Å². The molecule has 2 aliphatic carbocycles. The fourth-order valence-electron chi connectivity index (χ4n) is 3.27. The highest BCUT2D eigenvalue weighted by Crippen LogP contribution is 2.72. The van der Waals surface area contributed by atoms with Gasteiger partial charge >= 0.3 is 0 Å². The van der Waals surface area contributed by atoms with E-state index in [1.54, 1.807) is 0 Å². The van der Waals surface area contributed by atoms with Crippen LogP contribution in [0.25, 0.3) is 0 Å². The average molecular weight is 186 g/mol. The maximum atomic E-state index is 11.5. The zero-order valence-corrected chi connectivity index (χ0v) is 8.42. The molecule has 0 bridgehead atoms. The van der Waals surface area contributed by atoms with E-state index in [4.69, 9.17) is 0 Å². The van der Waals surface area contributed by atoms with Gasteiger partial charge in [0.1, 0.15) is 5.78 Å². The van der Waals surface area contributed by atoms with Crippen molar-refractivity contribution in [3.63, 3.8) is 0 Å². The van der Waals surface area contributed by atoms with E-state index in [0.29, 0.717) is 5.78 Å². The van der Waals surface area contributed by atoms with Crippen LogP contribution in [0, 0.1) is 5.41 Å². The lowest BCUT2D eigenvalue weighted by molar-refractivity contribution is -0.118. The van der Waals surface area contributed by atoms with E-state index in [1.807, 2.05) is 6.07 Å². The van der Waals surface area contributed by atoms with Crippen LogP contribution in [-0.2, 0) is 10.2 Å². The Balaban J connectivity index is 2.05. The van der Waals surface area contributed by atoms with E-state index in [1.165, 1.54) is 12.0 Å². The monoisotopic (exact) mass is 186 g/mol. The Hall–Kier alpha value is -1.11. The second-order valence-electron chi connectivity index (χ2n) is 5.08. The van der Waals surface area contributed by atoms with E-state index < -0.39 is 0 Å². The number of hydrogen-bond acceptors (Lipinski definition) is 1. The summed E-state index contributed by atoms with van der Waals surface area (Å²) in [5, 5.41) is 0. The van der Waals surface area contributed by atoms with Gasteiger partial charge in [0.05, 0.1) is 0 Å². The number of carbonyl (C=O) groups is 1. The molecule has 2 aliphatic rings. The predicted molar refractivity (Wildman–Crippen MR) is 55.1 cm³/mol. The van der Waals surface area contributed by atoms with E-state index in [0.717, 1.165) is 12.8 Å². The Morgan fingerprint density at radius 1 is 1.14 bits per heavy atom. The number of ketones is 1. The minimum absolute atomic E-state index is 0.214. The van der Waals surface area contributed by atoms with Gasteiger partial charge in [-0.15, -0.1) is 0 Å². The summed E-state index contributed by atoms with van der Waals surface area (Å²) in [4.78, 5) is 11.5. The van der Waals surface area contributed by atoms with E-state index in [9.17, 15) is 4.79 Å². The summed E-state index contributed by atoms with van der Waals surface area (Å²) in [7, 11) is 0. The highest BCUT2D eigenvalue weighted by atomic mass is 16.1. The number of carbonyl (C=O) groups excluding carboxylic acids is 1. The summed E-state index contributed by atoms with van der Waals surface area (Å²) in [6, 6.07) is 10.5. The first-order chi connectivity index (χ1) is 6.66. The number of Topliss-reactive ketones (excluding diaryl/α,β-unsaturated/α-hetero) is 1. The van der Waals surface area contributed by atoms with Crippen LogP contribution >= 0.6 is 0 Å². The maximum Gasteiger partial charge on any atom is 0.134 e. The number of fused-ring (bicyclic) bond motifs is 1. The van der Waals surface area contributed by atoms with Gasteiger partial charge in [0.2, 0.25) is 0 Å². The first-order valence-corrected chi connectivity index (χ1v) is 5.24. The fraction of sp³-hybridized carbons (Fsp3) is 0.462. The quantitative estimate of drug-likeness (QED) is 0.659. The number of rotatable bonds is 1. The van der Waals surface area contributed by atoms with Gasteiger partial charge in [0.25, 0.3) is 0 Å². The summed E-state index contributed by atoms with van der Waals surface area (Å²) in [6.07, 6.45) is 2.77. The van der Waals surface area contributed by atoms with Crippen molar-refractivity contribution in [3.8, 4) is 0 Å². The van der Waals surface area contributed by atoms with Gasteiger partial charge in [0, 0.05) is 18.3 Å².